The van der Waals surface area contributed by atoms with Gasteiger partial charge >= 0.3 is 5.97 Å². The number of fused-ring (bicyclic) bond motifs is 1. The van der Waals surface area contributed by atoms with E-state index >= 15 is 0 Å². The molecule has 0 unspecified atom stereocenters. The van der Waals surface area contributed by atoms with Crippen LogP contribution in [0.25, 0.3) is 11.4 Å². The lowest BCUT2D eigenvalue weighted by molar-refractivity contribution is -0.133. The van der Waals surface area contributed by atoms with Crippen molar-refractivity contribution in [3.05, 3.63) is 23.8 Å². The summed E-state index contributed by atoms with van der Waals surface area (Å²) < 4.78 is 5.44. The number of nitrogens with zero attached hydrogens (tertiary/aromatic N) is 2. The summed E-state index contributed by atoms with van der Waals surface area (Å²) in [6.45, 7) is 0.717. The zero-order valence-electron chi connectivity index (χ0n) is 9.92. The minimum Gasteiger partial charge on any atom is -0.493 e. The first-order chi connectivity index (χ1) is 9.22. The highest BCUT2D eigenvalue weighted by Crippen LogP contribution is 2.29. The van der Waals surface area contributed by atoms with Gasteiger partial charge in [-0.05, 0) is 23.8 Å². The fourth-order valence-electron chi connectivity index (χ4n) is 1.90. The summed E-state index contributed by atoms with van der Waals surface area (Å²) >= 11 is 1.09. The fraction of sp³-hybridized carbons (Fsp3) is 0.250. The summed E-state index contributed by atoms with van der Waals surface area (Å²) in [4.78, 5) is 14.7. The molecule has 0 spiro atoms. The molecule has 1 aliphatic rings. The number of carboxylic acids is 1. The van der Waals surface area contributed by atoms with Gasteiger partial charge in [0.15, 0.2) is 5.82 Å². The van der Waals surface area contributed by atoms with Crippen LogP contribution in [0.1, 0.15) is 5.56 Å². The Balaban J connectivity index is 1.80. The molecule has 6 nitrogen and oxygen atoms in total. The van der Waals surface area contributed by atoms with E-state index in [1.54, 1.807) is 0 Å². The van der Waals surface area contributed by atoms with Crippen LogP contribution in [0.3, 0.4) is 0 Å². The monoisotopic (exact) mass is 277 g/mol. The van der Waals surface area contributed by atoms with Gasteiger partial charge in [-0.25, -0.2) is 4.98 Å². The minimum atomic E-state index is -0.883. The number of thioether (sulfide) groups is 1. The molecule has 0 atom stereocenters. The second-order valence-corrected chi connectivity index (χ2v) is 5.01. The molecule has 0 fully saturated rings. The van der Waals surface area contributed by atoms with Crippen molar-refractivity contribution >= 4 is 17.7 Å². The quantitative estimate of drug-likeness (QED) is 0.825. The van der Waals surface area contributed by atoms with Crippen molar-refractivity contribution in [3.63, 3.8) is 0 Å². The van der Waals surface area contributed by atoms with Crippen LogP contribution in [0.4, 0.5) is 0 Å². The molecular formula is C12H11N3O3S. The molecule has 0 bridgehead atoms. The lowest BCUT2D eigenvalue weighted by Gasteiger charge is -2.00. The van der Waals surface area contributed by atoms with Crippen LogP contribution >= 0.6 is 11.8 Å². The lowest BCUT2D eigenvalue weighted by Crippen LogP contribution is -1.97. The topological polar surface area (TPSA) is 88.1 Å². The number of ether oxygens (including phenoxy) is 1. The minimum absolute atomic E-state index is 0.0463. The number of H-pyrrole nitrogens is 1. The van der Waals surface area contributed by atoms with Gasteiger partial charge in [-0.1, -0.05) is 11.8 Å². The fourth-order valence-corrected chi connectivity index (χ4v) is 2.42. The van der Waals surface area contributed by atoms with Crippen molar-refractivity contribution in [1.82, 2.24) is 15.2 Å². The molecule has 1 aromatic carbocycles. The van der Waals surface area contributed by atoms with Crippen molar-refractivity contribution in [2.24, 2.45) is 0 Å². The number of aromatic nitrogens is 3. The highest BCUT2D eigenvalue weighted by atomic mass is 32.2. The SMILES string of the molecule is O=C(O)CSc1n[nH]c(-c2ccc3c(c2)CCO3)n1. The first kappa shape index (κ1) is 12.0. The highest BCUT2D eigenvalue weighted by molar-refractivity contribution is 7.99. The Morgan fingerprint density at radius 3 is 3.26 bits per heavy atom. The highest BCUT2D eigenvalue weighted by Gasteiger charge is 2.14. The molecule has 1 aliphatic heterocycles. The number of benzene rings is 1. The number of nitrogens with one attached hydrogen (secondary N) is 1. The van der Waals surface area contributed by atoms with E-state index in [2.05, 4.69) is 15.2 Å². The van der Waals surface area contributed by atoms with Gasteiger partial charge in [0, 0.05) is 12.0 Å². The van der Waals surface area contributed by atoms with Gasteiger partial charge in [0.1, 0.15) is 5.75 Å². The Kier molecular flexibility index (Phi) is 3.12. The van der Waals surface area contributed by atoms with E-state index < -0.39 is 5.97 Å². The number of hydrogen-bond donors (Lipinski definition) is 2. The summed E-state index contributed by atoms with van der Waals surface area (Å²) in [6, 6.07) is 5.86. The third-order valence-corrected chi connectivity index (χ3v) is 3.58. The zero-order valence-corrected chi connectivity index (χ0v) is 10.7. The number of carbonyl (C=O) groups is 1. The number of rotatable bonds is 4. The van der Waals surface area contributed by atoms with Gasteiger partial charge < -0.3 is 9.84 Å². The molecule has 19 heavy (non-hydrogen) atoms. The van der Waals surface area contributed by atoms with Crippen molar-refractivity contribution in [3.8, 4) is 17.1 Å². The first-order valence-electron chi connectivity index (χ1n) is 5.75. The average molecular weight is 277 g/mol. The predicted molar refractivity (Wildman–Crippen MR) is 69.4 cm³/mol. The molecule has 2 aromatic rings. The molecule has 1 aromatic heterocycles. The van der Waals surface area contributed by atoms with E-state index in [1.807, 2.05) is 18.2 Å². The number of hydrogen-bond acceptors (Lipinski definition) is 5. The van der Waals surface area contributed by atoms with E-state index in [4.69, 9.17) is 9.84 Å². The molecule has 0 amide bonds. The summed E-state index contributed by atoms with van der Waals surface area (Å²) in [6.07, 6.45) is 0.901. The van der Waals surface area contributed by atoms with E-state index in [-0.39, 0.29) is 5.75 Å². The Bertz CT molecular complexity index is 626. The molecule has 0 radical (unpaired) electrons. The molecule has 2 heterocycles. The zero-order chi connectivity index (χ0) is 13.2. The van der Waals surface area contributed by atoms with Crippen LogP contribution in [0, 0.1) is 0 Å². The molecule has 7 heteroatoms. The summed E-state index contributed by atoms with van der Waals surface area (Å²) in [5.41, 5.74) is 2.09. The van der Waals surface area contributed by atoms with Gasteiger partial charge in [0.05, 0.1) is 12.4 Å². The smallest absolute Gasteiger partial charge is 0.313 e. The Morgan fingerprint density at radius 1 is 1.53 bits per heavy atom. The first-order valence-corrected chi connectivity index (χ1v) is 6.74. The van der Waals surface area contributed by atoms with Gasteiger partial charge in [0.2, 0.25) is 5.16 Å². The number of aromatic amines is 1. The third kappa shape index (κ3) is 2.55. The van der Waals surface area contributed by atoms with E-state index in [9.17, 15) is 4.79 Å². The Hall–Kier alpha value is -2.02. The lowest BCUT2D eigenvalue weighted by atomic mass is 10.1. The van der Waals surface area contributed by atoms with Crippen LogP contribution in [-0.2, 0) is 11.2 Å². The van der Waals surface area contributed by atoms with Crippen molar-refractivity contribution in [1.29, 1.82) is 0 Å². The van der Waals surface area contributed by atoms with E-state index in [0.29, 0.717) is 11.0 Å². The van der Waals surface area contributed by atoms with Crippen LogP contribution in [-0.4, -0.2) is 38.6 Å². The standard InChI is InChI=1S/C12H11N3O3S/c16-10(17)6-19-12-13-11(14-15-12)8-1-2-9-7(5-8)3-4-18-9/h1-2,5H,3-4,6H2,(H,16,17)(H,13,14,15). The molecular weight excluding hydrogens is 266 g/mol. The maximum atomic E-state index is 10.5. The average Bonchev–Trinajstić information content (AvgIpc) is 3.04. The molecule has 3 rings (SSSR count). The molecule has 0 saturated carbocycles. The van der Waals surface area contributed by atoms with E-state index in [0.717, 1.165) is 41.7 Å². The van der Waals surface area contributed by atoms with Crippen molar-refractivity contribution in [2.45, 2.75) is 11.6 Å². The number of carboxylic acid groups (broad SMARTS) is 1. The second-order valence-electron chi connectivity index (χ2n) is 4.07. The summed E-state index contributed by atoms with van der Waals surface area (Å²) in [7, 11) is 0. The predicted octanol–water partition coefficient (Wildman–Crippen LogP) is 1.58. The van der Waals surface area contributed by atoms with Crippen molar-refractivity contribution < 1.29 is 14.6 Å². The number of aliphatic carboxylic acids is 1. The Morgan fingerprint density at radius 2 is 2.42 bits per heavy atom. The van der Waals surface area contributed by atoms with Crippen LogP contribution in [0.2, 0.25) is 0 Å². The summed E-state index contributed by atoms with van der Waals surface area (Å²) in [5.74, 6) is 0.632. The second kappa shape index (κ2) is 4.93. The maximum Gasteiger partial charge on any atom is 0.313 e. The third-order valence-electron chi connectivity index (χ3n) is 2.75. The molecule has 98 valence electrons. The normalized spacial score (nSPS) is 13.1. The van der Waals surface area contributed by atoms with Crippen LogP contribution in [0.15, 0.2) is 23.4 Å². The Labute approximate surface area is 113 Å². The van der Waals surface area contributed by atoms with Crippen LogP contribution in [0.5, 0.6) is 5.75 Å². The largest absolute Gasteiger partial charge is 0.493 e. The van der Waals surface area contributed by atoms with Crippen molar-refractivity contribution in [2.75, 3.05) is 12.4 Å². The van der Waals surface area contributed by atoms with Gasteiger partial charge in [0.25, 0.3) is 0 Å². The van der Waals surface area contributed by atoms with Gasteiger partial charge in [-0.2, -0.15) is 0 Å². The van der Waals surface area contributed by atoms with Gasteiger partial charge in [-0.3, -0.25) is 9.89 Å². The van der Waals surface area contributed by atoms with Gasteiger partial charge in [-0.15, -0.1) is 5.10 Å². The van der Waals surface area contributed by atoms with Crippen LogP contribution < -0.4 is 4.74 Å². The van der Waals surface area contributed by atoms with E-state index in [1.165, 1.54) is 0 Å². The molecule has 0 aliphatic carbocycles. The molecule has 2 N–H and O–H groups in total. The molecule has 0 saturated heterocycles. The maximum absolute atomic E-state index is 10.5. The summed E-state index contributed by atoms with van der Waals surface area (Å²) in [5, 5.41) is 15.9.